The van der Waals surface area contributed by atoms with Crippen molar-refractivity contribution in [1.82, 2.24) is 0 Å². The van der Waals surface area contributed by atoms with Crippen LogP contribution in [0.4, 0.5) is 0 Å². The molecule has 0 fully saturated rings. The summed E-state index contributed by atoms with van der Waals surface area (Å²) in [4.78, 5) is 12.1. The highest BCUT2D eigenvalue weighted by molar-refractivity contribution is 9.09. The molecule has 1 nitrogen and oxygen atoms in total. The molecule has 1 unspecified atom stereocenters. The molecule has 0 aromatic heterocycles. The molecule has 0 amide bonds. The molecule has 0 heterocycles. The maximum atomic E-state index is 11.9. The summed E-state index contributed by atoms with van der Waals surface area (Å²) in [5, 5.41) is 0. The van der Waals surface area contributed by atoms with Gasteiger partial charge in [-0.05, 0) is 5.41 Å². The van der Waals surface area contributed by atoms with Crippen LogP contribution >= 0.6 is 15.9 Å². The highest BCUT2D eigenvalue weighted by Gasteiger charge is 2.24. The van der Waals surface area contributed by atoms with E-state index in [9.17, 15) is 4.79 Å². The maximum Gasteiger partial charge on any atom is 0.164 e. The fourth-order valence-electron chi connectivity index (χ4n) is 1.21. The van der Waals surface area contributed by atoms with E-state index in [1.165, 1.54) is 0 Å². The van der Waals surface area contributed by atoms with Gasteiger partial charge in [0, 0.05) is 16.8 Å². The van der Waals surface area contributed by atoms with E-state index in [0.717, 1.165) is 5.56 Å². The number of alkyl halides is 1. The number of halogens is 1. The lowest BCUT2D eigenvalue weighted by atomic mass is 9.88. The second-order valence-electron chi connectivity index (χ2n) is 4.83. The van der Waals surface area contributed by atoms with E-state index in [4.69, 9.17) is 0 Å². The summed E-state index contributed by atoms with van der Waals surface area (Å²) < 4.78 is 0. The van der Waals surface area contributed by atoms with Crippen molar-refractivity contribution < 1.29 is 4.79 Å². The average molecular weight is 269 g/mol. The van der Waals surface area contributed by atoms with Crippen molar-refractivity contribution in [2.75, 3.05) is 0 Å². The lowest BCUT2D eigenvalue weighted by Gasteiger charge is -2.24. The van der Waals surface area contributed by atoms with Gasteiger partial charge in [-0.15, -0.1) is 0 Å². The molecule has 0 aliphatic carbocycles. The van der Waals surface area contributed by atoms with Crippen molar-refractivity contribution in [1.29, 1.82) is 0 Å². The van der Waals surface area contributed by atoms with Crippen LogP contribution in [-0.4, -0.2) is 10.6 Å². The van der Waals surface area contributed by atoms with Gasteiger partial charge in [0.15, 0.2) is 5.78 Å². The Balaban J connectivity index is 2.65. The molecule has 15 heavy (non-hydrogen) atoms. The molecule has 1 aromatic carbocycles. The summed E-state index contributed by atoms with van der Waals surface area (Å²) in [6, 6.07) is 9.45. The van der Waals surface area contributed by atoms with Crippen LogP contribution in [0.1, 0.15) is 37.6 Å². The van der Waals surface area contributed by atoms with Crippen LogP contribution in [0.15, 0.2) is 30.3 Å². The number of hydrogen-bond donors (Lipinski definition) is 0. The van der Waals surface area contributed by atoms with E-state index in [-0.39, 0.29) is 16.0 Å². The minimum Gasteiger partial charge on any atom is -0.294 e. The van der Waals surface area contributed by atoms with Crippen molar-refractivity contribution >= 4 is 21.7 Å². The zero-order valence-corrected chi connectivity index (χ0v) is 11.0. The Bertz CT molecular complexity index is 324. The van der Waals surface area contributed by atoms with Crippen molar-refractivity contribution in [3.8, 4) is 0 Å². The number of Topliss-reactive ketones (excluding diaryl/α,β-unsaturated/α-hetero) is 1. The third-order valence-electron chi connectivity index (χ3n) is 2.40. The summed E-state index contributed by atoms with van der Waals surface area (Å²) >= 11 is 3.58. The molecule has 1 rings (SSSR count). The smallest absolute Gasteiger partial charge is 0.164 e. The number of carbonyl (C=O) groups is 1. The zero-order chi connectivity index (χ0) is 11.5. The van der Waals surface area contributed by atoms with Gasteiger partial charge in [0.05, 0.1) is 0 Å². The second kappa shape index (κ2) is 4.93. The predicted molar refractivity (Wildman–Crippen MR) is 67.6 cm³/mol. The third-order valence-corrected chi connectivity index (χ3v) is 4.10. The monoisotopic (exact) mass is 268 g/mol. The number of hydrogen-bond acceptors (Lipinski definition) is 1. The van der Waals surface area contributed by atoms with Crippen LogP contribution in [0, 0.1) is 5.41 Å². The Hall–Kier alpha value is -0.630. The highest BCUT2D eigenvalue weighted by Crippen LogP contribution is 2.29. The van der Waals surface area contributed by atoms with E-state index < -0.39 is 0 Å². The minimum atomic E-state index is 0.116. The van der Waals surface area contributed by atoms with Crippen LogP contribution in [0.3, 0.4) is 0 Å². The standard InChI is InChI=1S/C13H17BrO/c1-13(2,3)12(14)9-11(15)10-7-5-4-6-8-10/h4-8,12H,9H2,1-3H3. The quantitative estimate of drug-likeness (QED) is 0.597. The van der Waals surface area contributed by atoms with Crippen molar-refractivity contribution in [3.05, 3.63) is 35.9 Å². The molecular formula is C13H17BrO. The lowest BCUT2D eigenvalue weighted by molar-refractivity contribution is 0.0970. The fraction of sp³-hybridized carbons (Fsp3) is 0.462. The maximum absolute atomic E-state index is 11.9. The van der Waals surface area contributed by atoms with Crippen molar-refractivity contribution in [2.24, 2.45) is 5.41 Å². The van der Waals surface area contributed by atoms with Crippen LogP contribution in [-0.2, 0) is 0 Å². The van der Waals surface area contributed by atoms with Gasteiger partial charge in [-0.25, -0.2) is 0 Å². The Morgan fingerprint density at radius 2 is 1.80 bits per heavy atom. The zero-order valence-electron chi connectivity index (χ0n) is 9.46. The second-order valence-corrected chi connectivity index (χ2v) is 5.93. The molecule has 1 aromatic rings. The van der Waals surface area contributed by atoms with Crippen LogP contribution < -0.4 is 0 Å². The normalized spacial score (nSPS) is 13.6. The van der Waals surface area contributed by atoms with E-state index in [2.05, 4.69) is 36.7 Å². The molecule has 0 radical (unpaired) electrons. The Morgan fingerprint density at radius 1 is 1.27 bits per heavy atom. The van der Waals surface area contributed by atoms with Gasteiger partial charge < -0.3 is 0 Å². The number of carbonyl (C=O) groups excluding carboxylic acids is 1. The Morgan fingerprint density at radius 3 is 2.27 bits per heavy atom. The average Bonchev–Trinajstić information content (AvgIpc) is 2.17. The van der Waals surface area contributed by atoms with Gasteiger partial charge in [-0.1, -0.05) is 67.0 Å². The first kappa shape index (κ1) is 12.4. The van der Waals surface area contributed by atoms with Gasteiger partial charge in [0.2, 0.25) is 0 Å². The first-order valence-corrected chi connectivity index (χ1v) is 6.05. The van der Waals surface area contributed by atoms with Crippen LogP contribution in [0.5, 0.6) is 0 Å². The van der Waals surface area contributed by atoms with Crippen LogP contribution in [0.25, 0.3) is 0 Å². The minimum absolute atomic E-state index is 0.116. The molecule has 0 spiro atoms. The topological polar surface area (TPSA) is 17.1 Å². The molecule has 0 saturated heterocycles. The Labute approximate surface area is 100 Å². The molecule has 2 heteroatoms. The van der Waals surface area contributed by atoms with Gasteiger partial charge in [-0.3, -0.25) is 4.79 Å². The van der Waals surface area contributed by atoms with Gasteiger partial charge in [0.1, 0.15) is 0 Å². The van der Waals surface area contributed by atoms with E-state index in [1.54, 1.807) is 0 Å². The number of ketones is 1. The first-order valence-electron chi connectivity index (χ1n) is 5.13. The van der Waals surface area contributed by atoms with Crippen molar-refractivity contribution in [2.45, 2.75) is 32.0 Å². The molecule has 0 bridgehead atoms. The first-order chi connectivity index (χ1) is 6.91. The number of benzene rings is 1. The third kappa shape index (κ3) is 3.78. The van der Waals surface area contributed by atoms with E-state index in [1.807, 2.05) is 30.3 Å². The number of rotatable bonds is 3. The highest BCUT2D eigenvalue weighted by atomic mass is 79.9. The van der Waals surface area contributed by atoms with Gasteiger partial charge >= 0.3 is 0 Å². The van der Waals surface area contributed by atoms with Crippen LogP contribution in [0.2, 0.25) is 0 Å². The fourth-order valence-corrected chi connectivity index (χ4v) is 1.50. The largest absolute Gasteiger partial charge is 0.294 e. The Kier molecular flexibility index (Phi) is 4.09. The summed E-state index contributed by atoms with van der Waals surface area (Å²) in [6.07, 6.45) is 0.549. The molecule has 1 atom stereocenters. The van der Waals surface area contributed by atoms with E-state index in [0.29, 0.717) is 6.42 Å². The van der Waals surface area contributed by atoms with Gasteiger partial charge in [0.25, 0.3) is 0 Å². The SMILES string of the molecule is CC(C)(C)C(Br)CC(=O)c1ccccc1. The molecular weight excluding hydrogens is 252 g/mol. The molecule has 0 saturated carbocycles. The van der Waals surface area contributed by atoms with Gasteiger partial charge in [-0.2, -0.15) is 0 Å². The van der Waals surface area contributed by atoms with E-state index >= 15 is 0 Å². The molecule has 0 N–H and O–H groups in total. The predicted octanol–water partition coefficient (Wildman–Crippen LogP) is 4.07. The summed E-state index contributed by atoms with van der Waals surface area (Å²) in [5.74, 6) is 0.201. The van der Waals surface area contributed by atoms with Crippen molar-refractivity contribution in [3.63, 3.8) is 0 Å². The summed E-state index contributed by atoms with van der Waals surface area (Å²) in [7, 11) is 0. The molecule has 82 valence electrons. The summed E-state index contributed by atoms with van der Waals surface area (Å²) in [5.41, 5.74) is 0.913. The lowest BCUT2D eigenvalue weighted by Crippen LogP contribution is -2.23. The summed E-state index contributed by atoms with van der Waals surface area (Å²) in [6.45, 7) is 6.39. The molecule has 0 aliphatic heterocycles. The molecule has 0 aliphatic rings.